The Kier molecular flexibility index (Phi) is 8.82. The van der Waals surface area contributed by atoms with Gasteiger partial charge in [-0.1, -0.05) is 116 Å². The van der Waals surface area contributed by atoms with Gasteiger partial charge >= 0.3 is 0 Å². The Balaban J connectivity index is 1.41. The van der Waals surface area contributed by atoms with E-state index in [-0.39, 0.29) is 10.0 Å². The molecule has 0 saturated heterocycles. The number of aromatic amines is 1. The standard InChI is InChI=1S/C37H37BrF4N2OSi/c1-24-19-29-28-17-11-12-18-32(28)43-34(29)35(33-30(39)20-25(38)21-31(33)40)44(24)22-37(41,42)23-45-46(36(2,3)4,26-13-7-5-8-14-26)27-15-9-6-10-16-27/h5-18,20-21,24,35,43H,19,22-23H2,1-4H3/t24-,35-/m1/s1. The molecule has 9 heteroatoms. The van der Waals surface area contributed by atoms with Crippen LogP contribution in [-0.2, 0) is 10.8 Å². The molecule has 1 aliphatic rings. The van der Waals surface area contributed by atoms with Gasteiger partial charge in [-0.2, -0.15) is 0 Å². The Morgan fingerprint density at radius 2 is 1.41 bits per heavy atom. The van der Waals surface area contributed by atoms with E-state index < -0.39 is 56.1 Å². The summed E-state index contributed by atoms with van der Waals surface area (Å²) >= 11 is 3.17. The van der Waals surface area contributed by atoms with Gasteiger partial charge in [0.15, 0.2) is 0 Å². The van der Waals surface area contributed by atoms with Crippen molar-refractivity contribution in [2.24, 2.45) is 0 Å². The molecule has 0 amide bonds. The summed E-state index contributed by atoms with van der Waals surface area (Å²) in [5.41, 5.74) is 1.96. The Morgan fingerprint density at radius 3 is 1.98 bits per heavy atom. The van der Waals surface area contributed by atoms with Crippen molar-refractivity contribution in [3.63, 3.8) is 0 Å². The minimum absolute atomic E-state index is 0.238. The molecule has 1 aromatic heterocycles. The lowest BCUT2D eigenvalue weighted by Crippen LogP contribution is -2.67. The van der Waals surface area contributed by atoms with Crippen LogP contribution in [0.15, 0.2) is 102 Å². The van der Waals surface area contributed by atoms with Crippen LogP contribution in [0.3, 0.4) is 0 Å². The van der Waals surface area contributed by atoms with Gasteiger partial charge in [0.2, 0.25) is 0 Å². The summed E-state index contributed by atoms with van der Waals surface area (Å²) in [6.45, 7) is 6.36. The first-order valence-electron chi connectivity index (χ1n) is 15.4. The van der Waals surface area contributed by atoms with E-state index in [4.69, 9.17) is 4.43 Å². The summed E-state index contributed by atoms with van der Waals surface area (Å²) in [5, 5.41) is 2.23. The summed E-state index contributed by atoms with van der Waals surface area (Å²) in [4.78, 5) is 4.86. The molecule has 240 valence electrons. The number of nitrogens with zero attached hydrogens (tertiary/aromatic N) is 1. The van der Waals surface area contributed by atoms with Crippen LogP contribution in [0.2, 0.25) is 5.04 Å². The summed E-state index contributed by atoms with van der Waals surface area (Å²) in [5.74, 6) is -4.95. The number of fused-ring (bicyclic) bond motifs is 3. The van der Waals surface area contributed by atoms with Gasteiger partial charge in [0, 0.05) is 32.7 Å². The van der Waals surface area contributed by atoms with Gasteiger partial charge in [-0.25, -0.2) is 17.6 Å². The number of H-pyrrole nitrogens is 1. The molecule has 5 aromatic rings. The number of hydrogen-bond acceptors (Lipinski definition) is 2. The summed E-state index contributed by atoms with van der Waals surface area (Å²) in [6, 6.07) is 27.7. The van der Waals surface area contributed by atoms with Crippen LogP contribution in [0.4, 0.5) is 17.6 Å². The van der Waals surface area contributed by atoms with Crippen LogP contribution >= 0.6 is 15.9 Å². The van der Waals surface area contributed by atoms with Gasteiger partial charge in [0.05, 0.1) is 19.2 Å². The van der Waals surface area contributed by atoms with Crippen molar-refractivity contribution in [1.29, 1.82) is 0 Å². The zero-order valence-electron chi connectivity index (χ0n) is 26.3. The Morgan fingerprint density at radius 1 is 0.870 bits per heavy atom. The molecular weight excluding hydrogens is 672 g/mol. The second kappa shape index (κ2) is 12.4. The van der Waals surface area contributed by atoms with Crippen LogP contribution in [0.1, 0.15) is 50.6 Å². The van der Waals surface area contributed by atoms with Gasteiger partial charge in [-0.3, -0.25) is 4.90 Å². The predicted molar refractivity (Wildman–Crippen MR) is 183 cm³/mol. The van der Waals surface area contributed by atoms with Gasteiger partial charge in [-0.15, -0.1) is 0 Å². The molecule has 0 radical (unpaired) electrons. The van der Waals surface area contributed by atoms with Gasteiger partial charge in [0.1, 0.15) is 11.6 Å². The molecule has 1 N–H and O–H groups in total. The first kappa shape index (κ1) is 32.7. The number of rotatable bonds is 8. The lowest BCUT2D eigenvalue weighted by Gasteiger charge is -2.45. The van der Waals surface area contributed by atoms with E-state index in [0.717, 1.165) is 26.8 Å². The predicted octanol–water partition coefficient (Wildman–Crippen LogP) is 8.76. The smallest absolute Gasteiger partial charge is 0.282 e. The zero-order chi connectivity index (χ0) is 32.9. The average molecular weight is 710 g/mol. The van der Waals surface area contributed by atoms with Crippen LogP contribution in [0.5, 0.6) is 0 Å². The highest BCUT2D eigenvalue weighted by Gasteiger charge is 2.52. The first-order valence-corrected chi connectivity index (χ1v) is 18.1. The molecule has 46 heavy (non-hydrogen) atoms. The van der Waals surface area contributed by atoms with E-state index >= 15 is 17.6 Å². The molecular formula is C37H37BrF4N2OSi. The molecule has 0 spiro atoms. The maximum atomic E-state index is 16.5. The molecule has 0 aliphatic carbocycles. The van der Waals surface area contributed by atoms with E-state index in [9.17, 15) is 0 Å². The van der Waals surface area contributed by atoms with Gasteiger partial charge < -0.3 is 9.41 Å². The largest absolute Gasteiger partial charge is 0.401 e. The highest BCUT2D eigenvalue weighted by molar-refractivity contribution is 9.10. The number of alkyl halides is 2. The fourth-order valence-electron chi connectivity index (χ4n) is 7.17. The molecule has 0 unspecified atom stereocenters. The highest BCUT2D eigenvalue weighted by Crippen LogP contribution is 2.44. The first-order chi connectivity index (χ1) is 21.8. The lowest BCUT2D eigenvalue weighted by atomic mass is 9.88. The normalized spacial score (nSPS) is 17.8. The maximum absolute atomic E-state index is 16.5. The Hall–Kier alpha value is -3.24. The molecule has 2 atom stereocenters. The van der Waals surface area contributed by atoms with E-state index in [0.29, 0.717) is 12.1 Å². The molecule has 1 aliphatic heterocycles. The summed E-state index contributed by atoms with van der Waals surface area (Å²) in [7, 11) is -3.26. The second-order valence-electron chi connectivity index (χ2n) is 13.3. The van der Waals surface area contributed by atoms with Crippen molar-refractivity contribution in [3.8, 4) is 0 Å². The van der Waals surface area contributed by atoms with Crippen LogP contribution in [-0.4, -0.2) is 43.3 Å². The molecule has 0 fully saturated rings. The van der Waals surface area contributed by atoms with Gasteiger partial charge in [0.25, 0.3) is 14.2 Å². The second-order valence-corrected chi connectivity index (χ2v) is 18.5. The molecule has 6 rings (SSSR count). The minimum atomic E-state index is -3.36. The fraction of sp³-hybridized carbons (Fsp3) is 0.297. The van der Waals surface area contributed by atoms with Crippen molar-refractivity contribution in [1.82, 2.24) is 9.88 Å². The van der Waals surface area contributed by atoms with Crippen molar-refractivity contribution in [2.75, 3.05) is 13.2 Å². The zero-order valence-corrected chi connectivity index (χ0v) is 28.8. The number of nitrogens with one attached hydrogen (secondary N) is 1. The summed E-state index contributed by atoms with van der Waals surface area (Å²) in [6.07, 6.45) is 0.446. The molecule has 0 saturated carbocycles. The van der Waals surface area contributed by atoms with E-state index in [1.54, 1.807) is 0 Å². The van der Waals surface area contributed by atoms with E-state index in [1.807, 2.05) is 113 Å². The highest BCUT2D eigenvalue weighted by atomic mass is 79.9. The number of hydrogen-bond donors (Lipinski definition) is 1. The molecule has 3 nitrogen and oxygen atoms in total. The molecule has 4 aromatic carbocycles. The van der Waals surface area contributed by atoms with Gasteiger partial charge in [-0.05, 0) is 52.5 Å². The molecule has 0 bridgehead atoms. The Bertz CT molecular complexity index is 1780. The monoisotopic (exact) mass is 708 g/mol. The number of benzene rings is 4. The number of halogens is 5. The van der Waals surface area contributed by atoms with Crippen molar-refractivity contribution >= 4 is 45.5 Å². The molecule has 2 heterocycles. The van der Waals surface area contributed by atoms with Crippen molar-refractivity contribution < 1.29 is 22.0 Å². The quantitative estimate of drug-likeness (QED) is 0.129. The van der Waals surface area contributed by atoms with Crippen molar-refractivity contribution in [2.45, 2.75) is 57.2 Å². The van der Waals surface area contributed by atoms with Crippen LogP contribution in [0.25, 0.3) is 10.9 Å². The van der Waals surface area contributed by atoms with Crippen LogP contribution < -0.4 is 10.4 Å². The van der Waals surface area contributed by atoms with Crippen LogP contribution in [0, 0.1) is 11.6 Å². The number of aromatic nitrogens is 1. The third-order valence-corrected chi connectivity index (χ3v) is 14.6. The third-order valence-electron chi connectivity index (χ3n) is 9.17. The maximum Gasteiger partial charge on any atom is 0.282 e. The van der Waals surface area contributed by atoms with Crippen molar-refractivity contribution in [3.05, 3.63) is 130 Å². The van der Waals surface area contributed by atoms with E-state index in [1.165, 1.54) is 17.0 Å². The number of para-hydroxylation sites is 1. The summed E-state index contributed by atoms with van der Waals surface area (Å²) < 4.78 is 71.2. The minimum Gasteiger partial charge on any atom is -0.401 e. The SMILES string of the molecule is C[C@@H]1Cc2c([nH]c3ccccc23)[C@@H](c2c(F)cc(Br)cc2F)N1CC(F)(F)CO[Si](c1ccccc1)(c1ccccc1)C(C)(C)C. The average Bonchev–Trinajstić information content (AvgIpc) is 3.37. The third kappa shape index (κ3) is 5.87. The topological polar surface area (TPSA) is 28.3 Å². The Labute approximate surface area is 276 Å². The fourth-order valence-corrected chi connectivity index (χ4v) is 12.2. The van der Waals surface area contributed by atoms with E-state index in [2.05, 4.69) is 20.9 Å². The lowest BCUT2D eigenvalue weighted by molar-refractivity contribution is -0.0825.